The van der Waals surface area contributed by atoms with Gasteiger partial charge in [-0.3, -0.25) is 0 Å². The van der Waals surface area contributed by atoms with Crippen molar-refractivity contribution < 1.29 is 22.7 Å². The van der Waals surface area contributed by atoms with E-state index >= 15 is 0 Å². The average Bonchev–Trinajstić information content (AvgIpc) is 2.92. The molecule has 0 aromatic heterocycles. The van der Waals surface area contributed by atoms with E-state index in [-0.39, 0.29) is 0 Å². The van der Waals surface area contributed by atoms with Crippen LogP contribution < -0.4 is 5.32 Å². The molecule has 1 aromatic rings. The van der Waals surface area contributed by atoms with Gasteiger partial charge in [0, 0.05) is 12.5 Å². The molecule has 0 saturated heterocycles. The van der Waals surface area contributed by atoms with Gasteiger partial charge in [0.05, 0.1) is 0 Å². The molecule has 2 nitrogen and oxygen atoms in total. The lowest BCUT2D eigenvalue weighted by Gasteiger charge is -2.39. The highest BCUT2D eigenvalue weighted by molar-refractivity contribution is 5.33. The molecule has 0 radical (unpaired) electrons. The number of hydrogen-bond donors (Lipinski definition) is 2. The van der Waals surface area contributed by atoms with E-state index in [4.69, 9.17) is 0 Å². The maximum absolute atomic E-state index is 13.6. The van der Waals surface area contributed by atoms with Crippen molar-refractivity contribution >= 4 is 0 Å². The molecule has 0 aliphatic carbocycles. The van der Waals surface area contributed by atoms with Crippen LogP contribution in [0.5, 0.6) is 0 Å². The van der Waals surface area contributed by atoms with Gasteiger partial charge in [-0.15, -0.1) is 0 Å². The Morgan fingerprint density at radius 2 is 1.92 bits per heavy atom. The summed E-state index contributed by atoms with van der Waals surface area (Å²) >= 11 is 0. The van der Waals surface area contributed by atoms with Crippen LogP contribution in [-0.4, -0.2) is 22.9 Å². The zero-order valence-electron chi connectivity index (χ0n) is 14.0. The first-order valence-corrected chi connectivity index (χ1v) is 7.91. The Bertz CT molecular complexity index is 616. The molecule has 0 saturated carbocycles. The quantitative estimate of drug-likeness (QED) is 0.777. The third-order valence-electron chi connectivity index (χ3n) is 4.65. The standard InChI is InChI=1S/C18H23F4NO/c1-12-6-7-13(19)9-15(12)16(2,3)11-17(24,18(20,21)22)10-14-5-4-8-23-14/h4,6-9,14,23-24H,5,10-11H2,1-3H3. The number of benzene rings is 1. The van der Waals surface area contributed by atoms with Gasteiger partial charge in [-0.2, -0.15) is 13.2 Å². The van der Waals surface area contributed by atoms with E-state index in [0.717, 1.165) is 0 Å². The van der Waals surface area contributed by atoms with Crippen LogP contribution >= 0.6 is 0 Å². The topological polar surface area (TPSA) is 32.3 Å². The van der Waals surface area contributed by atoms with Gasteiger partial charge in [-0.25, -0.2) is 4.39 Å². The zero-order valence-corrected chi connectivity index (χ0v) is 14.0. The fourth-order valence-electron chi connectivity index (χ4n) is 3.49. The number of rotatable bonds is 5. The summed E-state index contributed by atoms with van der Waals surface area (Å²) in [4.78, 5) is 0. The number of nitrogens with one attached hydrogen (secondary N) is 1. The summed E-state index contributed by atoms with van der Waals surface area (Å²) < 4.78 is 54.4. The predicted molar refractivity (Wildman–Crippen MR) is 85.1 cm³/mol. The lowest BCUT2D eigenvalue weighted by molar-refractivity contribution is -0.270. The molecule has 24 heavy (non-hydrogen) atoms. The highest BCUT2D eigenvalue weighted by Crippen LogP contribution is 2.44. The summed E-state index contributed by atoms with van der Waals surface area (Å²) in [5.74, 6) is -0.499. The lowest BCUT2D eigenvalue weighted by atomic mass is 9.71. The zero-order chi connectivity index (χ0) is 18.2. The van der Waals surface area contributed by atoms with E-state index in [1.54, 1.807) is 39.1 Å². The maximum atomic E-state index is 13.6. The van der Waals surface area contributed by atoms with Crippen molar-refractivity contribution in [2.75, 3.05) is 0 Å². The maximum Gasteiger partial charge on any atom is 0.417 e. The normalized spacial score (nSPS) is 20.8. The van der Waals surface area contributed by atoms with Crippen molar-refractivity contribution in [1.29, 1.82) is 0 Å². The average molecular weight is 345 g/mol. The molecule has 0 spiro atoms. The molecule has 0 bridgehead atoms. The fraction of sp³-hybridized carbons (Fsp3) is 0.556. The molecular formula is C18H23F4NO. The molecule has 1 aliphatic rings. The van der Waals surface area contributed by atoms with Crippen LogP contribution in [0.4, 0.5) is 17.6 Å². The monoisotopic (exact) mass is 345 g/mol. The van der Waals surface area contributed by atoms with Crippen molar-refractivity contribution in [3.8, 4) is 0 Å². The SMILES string of the molecule is Cc1ccc(F)cc1C(C)(C)CC(O)(CC1CC=CN1)C(F)(F)F. The summed E-state index contributed by atoms with van der Waals surface area (Å²) in [6.45, 7) is 4.93. The molecular weight excluding hydrogens is 322 g/mol. The Hall–Kier alpha value is -1.56. The summed E-state index contributed by atoms with van der Waals surface area (Å²) in [5.41, 5.74) is -2.71. The van der Waals surface area contributed by atoms with Crippen LogP contribution in [0.25, 0.3) is 0 Å². The van der Waals surface area contributed by atoms with E-state index in [1.807, 2.05) is 0 Å². The molecule has 0 fully saturated rings. The van der Waals surface area contributed by atoms with Gasteiger partial charge in [0.15, 0.2) is 5.60 Å². The van der Waals surface area contributed by atoms with Crippen LogP contribution in [0.15, 0.2) is 30.5 Å². The summed E-state index contributed by atoms with van der Waals surface area (Å²) in [7, 11) is 0. The van der Waals surface area contributed by atoms with Crippen molar-refractivity contribution in [2.45, 2.75) is 63.3 Å². The first kappa shape index (κ1) is 18.8. The van der Waals surface area contributed by atoms with Crippen LogP contribution in [0.1, 0.15) is 44.2 Å². The molecule has 2 unspecified atom stereocenters. The van der Waals surface area contributed by atoms with Gasteiger partial charge in [-0.1, -0.05) is 26.0 Å². The van der Waals surface area contributed by atoms with Gasteiger partial charge >= 0.3 is 6.18 Å². The second-order valence-electron chi connectivity index (χ2n) is 7.26. The number of aryl methyl sites for hydroxylation is 1. The van der Waals surface area contributed by atoms with Gasteiger partial charge in [0.2, 0.25) is 0 Å². The van der Waals surface area contributed by atoms with Gasteiger partial charge in [0.1, 0.15) is 5.82 Å². The van der Waals surface area contributed by atoms with E-state index in [9.17, 15) is 22.7 Å². The van der Waals surface area contributed by atoms with E-state index in [2.05, 4.69) is 5.32 Å². The Kier molecular flexibility index (Phi) is 5.00. The minimum Gasteiger partial charge on any atom is -0.388 e. The number of aliphatic hydroxyl groups is 1. The largest absolute Gasteiger partial charge is 0.417 e. The molecule has 1 heterocycles. The first-order valence-electron chi connectivity index (χ1n) is 7.91. The fourth-order valence-corrected chi connectivity index (χ4v) is 3.49. The Morgan fingerprint density at radius 1 is 1.25 bits per heavy atom. The third kappa shape index (κ3) is 3.91. The Labute approximate surface area is 139 Å². The summed E-state index contributed by atoms with van der Waals surface area (Å²) in [6.07, 6.45) is -1.96. The van der Waals surface area contributed by atoms with Crippen molar-refractivity contribution in [1.82, 2.24) is 5.32 Å². The predicted octanol–water partition coefficient (Wildman–Crippen LogP) is 4.36. The van der Waals surface area contributed by atoms with E-state index in [1.165, 1.54) is 12.1 Å². The third-order valence-corrected chi connectivity index (χ3v) is 4.65. The van der Waals surface area contributed by atoms with Crippen molar-refractivity contribution in [3.05, 3.63) is 47.4 Å². The molecule has 2 atom stereocenters. The smallest absolute Gasteiger partial charge is 0.388 e. The summed E-state index contributed by atoms with van der Waals surface area (Å²) in [5, 5.41) is 13.3. The number of alkyl halides is 3. The van der Waals surface area contributed by atoms with Gasteiger partial charge < -0.3 is 10.4 Å². The minimum absolute atomic E-state index is 0.442. The molecule has 6 heteroatoms. The van der Waals surface area contributed by atoms with E-state index < -0.39 is 41.9 Å². The molecule has 1 aromatic carbocycles. The lowest BCUT2D eigenvalue weighted by Crippen LogP contribution is -2.52. The van der Waals surface area contributed by atoms with Crippen LogP contribution in [0.2, 0.25) is 0 Å². The van der Waals surface area contributed by atoms with Crippen molar-refractivity contribution in [2.24, 2.45) is 0 Å². The van der Waals surface area contributed by atoms with E-state index in [0.29, 0.717) is 17.5 Å². The molecule has 1 aliphatic heterocycles. The van der Waals surface area contributed by atoms with Gasteiger partial charge in [-0.05, 0) is 54.6 Å². The minimum atomic E-state index is -4.77. The van der Waals surface area contributed by atoms with Crippen LogP contribution in [0, 0.1) is 12.7 Å². The van der Waals surface area contributed by atoms with Crippen LogP contribution in [0.3, 0.4) is 0 Å². The second kappa shape index (κ2) is 6.39. The number of hydrogen-bond acceptors (Lipinski definition) is 2. The Morgan fingerprint density at radius 3 is 2.46 bits per heavy atom. The highest BCUT2D eigenvalue weighted by Gasteiger charge is 2.56. The Balaban J connectivity index is 2.32. The highest BCUT2D eigenvalue weighted by atomic mass is 19.4. The summed E-state index contributed by atoms with van der Waals surface area (Å²) in [6, 6.07) is 3.61. The van der Waals surface area contributed by atoms with Gasteiger partial charge in [0.25, 0.3) is 0 Å². The second-order valence-corrected chi connectivity index (χ2v) is 7.26. The molecule has 2 rings (SSSR count). The number of halogens is 4. The van der Waals surface area contributed by atoms with Crippen LogP contribution in [-0.2, 0) is 5.41 Å². The van der Waals surface area contributed by atoms with Crippen molar-refractivity contribution in [3.63, 3.8) is 0 Å². The molecule has 134 valence electrons. The molecule has 2 N–H and O–H groups in total. The first-order chi connectivity index (χ1) is 10.9. The molecule has 0 amide bonds.